The number of esters is 1. The molecule has 0 aliphatic carbocycles. The summed E-state index contributed by atoms with van der Waals surface area (Å²) in [6.07, 6.45) is 3.14. The summed E-state index contributed by atoms with van der Waals surface area (Å²) in [7, 11) is 0. The third kappa shape index (κ3) is 6.58. The van der Waals surface area contributed by atoms with Crippen molar-refractivity contribution in [3.63, 3.8) is 0 Å². The summed E-state index contributed by atoms with van der Waals surface area (Å²) < 4.78 is 4.95. The van der Waals surface area contributed by atoms with Gasteiger partial charge in [0.25, 0.3) is 0 Å². The van der Waals surface area contributed by atoms with Gasteiger partial charge in [0.1, 0.15) is 0 Å². The lowest BCUT2D eigenvalue weighted by Gasteiger charge is -2.00. The Hall–Kier alpha value is -4.01. The molecular weight excluding hydrogens is 356 g/mol. The zero-order valence-corrected chi connectivity index (χ0v) is 16.2. The van der Waals surface area contributed by atoms with E-state index in [4.69, 9.17) is 4.74 Å². The van der Waals surface area contributed by atoms with E-state index >= 15 is 0 Å². The molecule has 140 valence electrons. The van der Waals surface area contributed by atoms with Gasteiger partial charge in [0.05, 0.1) is 6.61 Å². The van der Waals surface area contributed by atoms with Gasteiger partial charge in [-0.15, -0.1) is 0 Å². The molecule has 3 aromatic carbocycles. The predicted octanol–water partition coefficient (Wildman–Crippen LogP) is 5.06. The molecule has 0 aromatic heterocycles. The van der Waals surface area contributed by atoms with Crippen LogP contribution in [0.2, 0.25) is 0 Å². The molecule has 3 aromatic rings. The molecule has 0 unspecified atom stereocenters. The Morgan fingerprint density at radius 2 is 1.24 bits per heavy atom. The number of ether oxygens (including phenoxy) is 1. The summed E-state index contributed by atoms with van der Waals surface area (Å²) >= 11 is 0. The van der Waals surface area contributed by atoms with E-state index < -0.39 is 0 Å². The van der Waals surface area contributed by atoms with Crippen molar-refractivity contribution in [1.82, 2.24) is 0 Å². The van der Waals surface area contributed by atoms with E-state index in [-0.39, 0.29) is 5.97 Å². The van der Waals surface area contributed by atoms with Gasteiger partial charge in [0.2, 0.25) is 0 Å². The number of carbonyl (C=O) groups is 1. The second-order valence-electron chi connectivity index (χ2n) is 6.16. The minimum absolute atomic E-state index is 0.347. The zero-order valence-electron chi connectivity index (χ0n) is 16.2. The van der Waals surface area contributed by atoms with Gasteiger partial charge in [-0.3, -0.25) is 0 Å². The van der Waals surface area contributed by atoms with E-state index in [9.17, 15) is 4.79 Å². The topological polar surface area (TPSA) is 26.3 Å². The monoisotopic (exact) mass is 376 g/mol. The molecule has 0 bridgehead atoms. The van der Waals surface area contributed by atoms with Gasteiger partial charge < -0.3 is 4.74 Å². The first-order chi connectivity index (χ1) is 14.2. The van der Waals surface area contributed by atoms with E-state index in [2.05, 4.69) is 23.7 Å². The highest BCUT2D eigenvalue weighted by molar-refractivity contribution is 5.87. The molecule has 0 aliphatic heterocycles. The largest absolute Gasteiger partial charge is 0.463 e. The molecule has 0 amide bonds. The van der Waals surface area contributed by atoms with Gasteiger partial charge in [-0.1, -0.05) is 60.1 Å². The van der Waals surface area contributed by atoms with E-state index in [0.717, 1.165) is 27.8 Å². The van der Waals surface area contributed by atoms with Crippen molar-refractivity contribution < 1.29 is 9.53 Å². The van der Waals surface area contributed by atoms with Gasteiger partial charge in [-0.2, -0.15) is 0 Å². The highest BCUT2D eigenvalue weighted by Crippen LogP contribution is 2.12. The second-order valence-corrected chi connectivity index (χ2v) is 6.16. The van der Waals surface area contributed by atoms with E-state index in [1.165, 1.54) is 6.08 Å². The third-order valence-corrected chi connectivity index (χ3v) is 3.90. The van der Waals surface area contributed by atoms with Crippen molar-refractivity contribution in [2.75, 3.05) is 6.61 Å². The lowest BCUT2D eigenvalue weighted by Crippen LogP contribution is -1.98. The molecule has 0 spiro atoms. The standard InChI is InChI=1S/C27H20O2/c1-2-29-27(28)18-17-26-20-24(15-13-22-9-5-3-6-10-22)19-25(21-26)16-14-23-11-7-4-8-12-23/h3-12,17-21H,2H2,1H3/b18-17+. The highest BCUT2D eigenvalue weighted by Gasteiger charge is 1.99. The SMILES string of the molecule is CCOC(=O)/C=C/c1cc(C#Cc2ccccc2)cc(C#Cc2ccccc2)c1. The molecule has 3 rings (SSSR count). The smallest absolute Gasteiger partial charge is 0.330 e. The van der Waals surface area contributed by atoms with Crippen LogP contribution in [0.3, 0.4) is 0 Å². The summed E-state index contributed by atoms with van der Waals surface area (Å²) in [5.41, 5.74) is 4.39. The maximum atomic E-state index is 11.6. The van der Waals surface area contributed by atoms with Crippen molar-refractivity contribution in [3.05, 3.63) is 113 Å². The molecule has 2 heteroatoms. The Balaban J connectivity index is 1.94. The molecule has 29 heavy (non-hydrogen) atoms. The lowest BCUT2D eigenvalue weighted by molar-refractivity contribution is -0.137. The van der Waals surface area contributed by atoms with E-state index in [1.54, 1.807) is 13.0 Å². The summed E-state index contributed by atoms with van der Waals surface area (Å²) in [5, 5.41) is 0. The Kier molecular flexibility index (Phi) is 7.05. The van der Waals surface area contributed by atoms with Gasteiger partial charge in [0.15, 0.2) is 0 Å². The second kappa shape index (κ2) is 10.4. The minimum atomic E-state index is -0.370. The van der Waals surface area contributed by atoms with Crippen molar-refractivity contribution in [3.8, 4) is 23.7 Å². The summed E-state index contributed by atoms with van der Waals surface area (Å²) in [6, 6.07) is 25.4. The molecule has 2 nitrogen and oxygen atoms in total. The molecule has 0 heterocycles. The van der Waals surface area contributed by atoms with Crippen LogP contribution < -0.4 is 0 Å². The molecule has 0 saturated carbocycles. The van der Waals surface area contributed by atoms with Crippen molar-refractivity contribution in [2.24, 2.45) is 0 Å². The van der Waals surface area contributed by atoms with Gasteiger partial charge in [-0.05, 0) is 61.0 Å². The molecule has 0 N–H and O–H groups in total. The third-order valence-electron chi connectivity index (χ3n) is 3.90. The maximum absolute atomic E-state index is 11.6. The predicted molar refractivity (Wildman–Crippen MR) is 117 cm³/mol. The highest BCUT2D eigenvalue weighted by atomic mass is 16.5. The zero-order chi connectivity index (χ0) is 20.3. The van der Waals surface area contributed by atoms with Crippen LogP contribution in [-0.2, 0) is 9.53 Å². The Labute approximate surface area is 171 Å². The van der Waals surface area contributed by atoms with Crippen LogP contribution in [0.25, 0.3) is 6.08 Å². The van der Waals surface area contributed by atoms with Crippen LogP contribution in [0.4, 0.5) is 0 Å². The van der Waals surface area contributed by atoms with E-state index in [1.807, 2.05) is 78.9 Å². The van der Waals surface area contributed by atoms with Crippen molar-refractivity contribution in [1.29, 1.82) is 0 Å². The van der Waals surface area contributed by atoms with Gasteiger partial charge >= 0.3 is 5.97 Å². The number of benzene rings is 3. The van der Waals surface area contributed by atoms with Crippen LogP contribution in [0.15, 0.2) is 84.9 Å². The van der Waals surface area contributed by atoms with Crippen LogP contribution >= 0.6 is 0 Å². The fraction of sp³-hybridized carbons (Fsp3) is 0.0741. The van der Waals surface area contributed by atoms with Crippen molar-refractivity contribution >= 4 is 12.0 Å². The molecule has 0 radical (unpaired) electrons. The normalized spacial score (nSPS) is 9.83. The number of carbonyl (C=O) groups excluding carboxylic acids is 1. The van der Waals surface area contributed by atoms with Crippen LogP contribution in [-0.4, -0.2) is 12.6 Å². The minimum Gasteiger partial charge on any atom is -0.463 e. The van der Waals surface area contributed by atoms with Crippen LogP contribution in [0.5, 0.6) is 0 Å². The first-order valence-corrected chi connectivity index (χ1v) is 9.37. The van der Waals surface area contributed by atoms with Crippen LogP contribution in [0, 0.1) is 23.7 Å². The van der Waals surface area contributed by atoms with Gasteiger partial charge in [-0.25, -0.2) is 4.79 Å². The fourth-order valence-electron chi connectivity index (χ4n) is 2.58. The average Bonchev–Trinajstić information content (AvgIpc) is 2.76. The molecular formula is C27H20O2. The van der Waals surface area contributed by atoms with Crippen molar-refractivity contribution in [2.45, 2.75) is 6.92 Å². The number of hydrogen-bond acceptors (Lipinski definition) is 2. The average molecular weight is 376 g/mol. The summed E-state index contributed by atoms with van der Waals surface area (Å²) in [4.78, 5) is 11.6. The molecule has 0 aliphatic rings. The van der Waals surface area contributed by atoms with Crippen LogP contribution in [0.1, 0.15) is 34.7 Å². The molecule has 0 atom stereocenters. The Morgan fingerprint density at radius 3 is 1.72 bits per heavy atom. The Morgan fingerprint density at radius 1 is 0.759 bits per heavy atom. The molecule has 0 fully saturated rings. The Bertz CT molecular complexity index is 1040. The number of hydrogen-bond donors (Lipinski definition) is 0. The maximum Gasteiger partial charge on any atom is 0.330 e. The first kappa shape index (κ1) is 19.7. The molecule has 0 saturated heterocycles. The van der Waals surface area contributed by atoms with Gasteiger partial charge in [0, 0.05) is 28.3 Å². The summed E-state index contributed by atoms with van der Waals surface area (Å²) in [6.45, 7) is 2.13. The van der Waals surface area contributed by atoms with E-state index in [0.29, 0.717) is 6.61 Å². The number of rotatable bonds is 3. The fourth-order valence-corrected chi connectivity index (χ4v) is 2.58. The first-order valence-electron chi connectivity index (χ1n) is 9.37. The summed E-state index contributed by atoms with van der Waals surface area (Å²) in [5.74, 6) is 12.3. The quantitative estimate of drug-likeness (QED) is 0.363. The lowest BCUT2D eigenvalue weighted by atomic mass is 10.0.